The molecule has 0 saturated carbocycles. The van der Waals surface area contributed by atoms with Gasteiger partial charge in [0.05, 0.1) is 0 Å². The molecular formula is C30H37Cl2N7O9S2. The Morgan fingerprint density at radius 3 is 1.60 bits per heavy atom. The van der Waals surface area contributed by atoms with Gasteiger partial charge in [0.15, 0.2) is 0 Å². The fraction of sp³-hybridized carbons (Fsp3) is 0.400. The molecule has 3 amide bonds. The molecule has 2 aliphatic heterocycles. The van der Waals surface area contributed by atoms with E-state index >= 15 is 0 Å². The third-order valence-electron chi connectivity index (χ3n) is 8.40. The molecule has 2 saturated heterocycles. The molecule has 0 aliphatic carbocycles. The molecule has 0 spiro atoms. The topological polar surface area (TPSA) is 250 Å². The lowest BCUT2D eigenvalue weighted by Crippen LogP contribution is -2.30. The van der Waals surface area contributed by atoms with Crippen LogP contribution >= 0.6 is 23.2 Å². The molecule has 2 aliphatic rings. The molecule has 0 radical (unpaired) electrons. The van der Waals surface area contributed by atoms with Crippen molar-refractivity contribution >= 4 is 66.9 Å². The number of carboxylic acid groups (broad SMARTS) is 1. The summed E-state index contributed by atoms with van der Waals surface area (Å²) in [7, 11) is -6.33. The Kier molecular flexibility index (Phi) is 11.8. The van der Waals surface area contributed by atoms with Crippen LogP contribution in [0.25, 0.3) is 0 Å². The van der Waals surface area contributed by atoms with Gasteiger partial charge < -0.3 is 31.4 Å². The Morgan fingerprint density at radius 2 is 1.20 bits per heavy atom. The largest absolute Gasteiger partial charge is 0.477 e. The number of hydrogen-bond donors (Lipinski definition) is 5. The average molecular weight is 775 g/mol. The van der Waals surface area contributed by atoms with Gasteiger partial charge in [-0.3, -0.25) is 14.4 Å². The van der Waals surface area contributed by atoms with Gasteiger partial charge in [-0.1, -0.05) is 29.3 Å². The number of sulfonamides is 2. The van der Waals surface area contributed by atoms with Crippen molar-refractivity contribution in [2.45, 2.75) is 55.9 Å². The number of carbonyl (C=O) groups excluding carboxylic acids is 3. The van der Waals surface area contributed by atoms with Crippen LogP contribution in [0.4, 0.5) is 0 Å². The maximum absolute atomic E-state index is 13.1. The number of primary amides is 2. The third kappa shape index (κ3) is 7.69. The highest BCUT2D eigenvalue weighted by Gasteiger charge is 2.37. The lowest BCUT2D eigenvalue weighted by molar-refractivity contribution is 0.0689. The number of nitrogens with one attached hydrogen (secondary N) is 2. The van der Waals surface area contributed by atoms with Gasteiger partial charge in [0.1, 0.15) is 32.6 Å². The molecule has 0 atom stereocenters. The number of rotatable bonds is 10. The highest BCUT2D eigenvalue weighted by atomic mass is 35.5. The molecule has 50 heavy (non-hydrogen) atoms. The lowest BCUT2D eigenvalue weighted by Gasteiger charge is -2.18. The van der Waals surface area contributed by atoms with E-state index in [4.69, 9.17) is 39.8 Å². The van der Waals surface area contributed by atoms with E-state index in [-0.39, 0.29) is 50.2 Å². The number of nitrogens with zero attached hydrogens (tertiary/aromatic N) is 3. The van der Waals surface area contributed by atoms with Gasteiger partial charge in [-0.05, 0) is 57.2 Å². The number of aromatic amines is 2. The Labute approximate surface area is 298 Å². The number of H-pyrrole nitrogens is 2. The highest BCUT2D eigenvalue weighted by Crippen LogP contribution is 2.31. The van der Waals surface area contributed by atoms with E-state index < -0.39 is 43.7 Å². The van der Waals surface area contributed by atoms with Gasteiger partial charge in [0, 0.05) is 60.9 Å². The summed E-state index contributed by atoms with van der Waals surface area (Å²) in [4.78, 5) is 53.2. The molecule has 7 N–H and O–H groups in total. The van der Waals surface area contributed by atoms with Crippen LogP contribution in [0, 0.1) is 13.8 Å². The van der Waals surface area contributed by atoms with Crippen molar-refractivity contribution in [2.75, 3.05) is 33.2 Å². The molecule has 0 bridgehead atoms. The molecule has 4 heterocycles. The second-order valence-corrected chi connectivity index (χ2v) is 16.4. The van der Waals surface area contributed by atoms with E-state index in [9.17, 15) is 36.0 Å². The number of aromatic carboxylic acids is 1. The summed E-state index contributed by atoms with van der Waals surface area (Å²) < 4.78 is 53.8. The van der Waals surface area contributed by atoms with Crippen molar-refractivity contribution in [1.29, 1.82) is 0 Å². The summed E-state index contributed by atoms with van der Waals surface area (Å²) in [5.74, 6) is -3.78. The van der Waals surface area contributed by atoms with Crippen LogP contribution in [-0.4, -0.2) is 102 Å². The number of nitrogens with two attached hydrogens (primary N) is 2. The number of benzene rings is 1. The quantitative estimate of drug-likeness (QED) is 0.203. The molecule has 2 fully saturated rings. The van der Waals surface area contributed by atoms with Crippen molar-refractivity contribution in [2.24, 2.45) is 11.5 Å². The summed E-state index contributed by atoms with van der Waals surface area (Å²) in [6, 6.07) is 4.93. The average Bonchev–Trinajstić information content (AvgIpc) is 3.85. The van der Waals surface area contributed by atoms with Crippen LogP contribution in [-0.2, 0) is 26.6 Å². The van der Waals surface area contributed by atoms with Gasteiger partial charge in [-0.25, -0.2) is 21.6 Å². The van der Waals surface area contributed by atoms with Gasteiger partial charge >= 0.3 is 5.97 Å². The van der Waals surface area contributed by atoms with Gasteiger partial charge in [0.2, 0.25) is 20.0 Å². The Morgan fingerprint density at radius 1 is 0.780 bits per heavy atom. The monoisotopic (exact) mass is 773 g/mol. The second kappa shape index (κ2) is 15.1. The minimum atomic E-state index is -3.96. The van der Waals surface area contributed by atoms with Crippen LogP contribution < -0.4 is 11.5 Å². The highest BCUT2D eigenvalue weighted by molar-refractivity contribution is 7.89. The summed E-state index contributed by atoms with van der Waals surface area (Å²) in [6.07, 6.45) is 2.96. The van der Waals surface area contributed by atoms with Crippen LogP contribution in [0.2, 0.25) is 10.0 Å². The van der Waals surface area contributed by atoms with Crippen LogP contribution in [0.15, 0.2) is 28.0 Å². The number of hydrogen-bond acceptors (Lipinski definition) is 8. The maximum Gasteiger partial charge on any atom is 0.352 e. The van der Waals surface area contributed by atoms with E-state index in [2.05, 4.69) is 9.97 Å². The summed E-state index contributed by atoms with van der Waals surface area (Å²) in [6.45, 7) is 4.43. The third-order valence-corrected chi connectivity index (χ3v) is 13.1. The van der Waals surface area contributed by atoms with Crippen molar-refractivity contribution < 1.29 is 41.1 Å². The minimum absolute atomic E-state index is 0.00167. The molecule has 20 heteroatoms. The zero-order valence-electron chi connectivity index (χ0n) is 27.4. The zero-order chi connectivity index (χ0) is 37.3. The predicted octanol–water partition coefficient (Wildman–Crippen LogP) is 2.69. The normalized spacial score (nSPS) is 15.5. The number of amides is 3. The van der Waals surface area contributed by atoms with Crippen LogP contribution in [0.3, 0.4) is 0 Å². The van der Waals surface area contributed by atoms with E-state index in [0.717, 1.165) is 25.7 Å². The first-order valence-corrected chi connectivity index (χ1v) is 18.9. The first-order chi connectivity index (χ1) is 23.3. The smallest absolute Gasteiger partial charge is 0.352 e. The standard InChI is InChI=1S/C19H22Cl2N4O4S.C11H15N3O5S/c1-11-15(19(27)24(2)10-12-5-6-13(20)9-14(12)21)23-16(18(22)26)17(11)30(28,29)25-7-3-4-8-25;1-6-7(11(16)17)13-8(10(12)15)9(6)20(18,19)14-4-2-3-5-14/h5-6,9,23H,3-4,7-8,10H2,1-2H3,(H2,22,26);13H,2-5H2,1H3,(H2,12,15)(H,16,17). The number of carbonyl (C=O) groups is 4. The predicted molar refractivity (Wildman–Crippen MR) is 183 cm³/mol. The van der Waals surface area contributed by atoms with E-state index in [1.54, 1.807) is 25.2 Å². The molecule has 3 aromatic rings. The van der Waals surface area contributed by atoms with Gasteiger partial charge in [-0.2, -0.15) is 8.61 Å². The summed E-state index contributed by atoms with van der Waals surface area (Å²) >= 11 is 12.1. The van der Waals surface area contributed by atoms with Crippen LogP contribution in [0.5, 0.6) is 0 Å². The Hall–Kier alpha value is -3.94. The van der Waals surface area contributed by atoms with Gasteiger partial charge in [0.25, 0.3) is 17.7 Å². The number of halogens is 2. The van der Waals surface area contributed by atoms with Crippen molar-refractivity contribution in [1.82, 2.24) is 23.5 Å². The molecule has 0 unspecified atom stereocenters. The minimum Gasteiger partial charge on any atom is -0.477 e. The van der Waals surface area contributed by atoms with E-state index in [1.807, 2.05) is 0 Å². The summed E-state index contributed by atoms with van der Waals surface area (Å²) in [5.41, 5.74) is 10.4. The van der Waals surface area contributed by atoms with Crippen molar-refractivity contribution in [3.63, 3.8) is 0 Å². The zero-order valence-corrected chi connectivity index (χ0v) is 30.5. The number of aromatic nitrogens is 2. The molecule has 5 rings (SSSR count). The van der Waals surface area contributed by atoms with Crippen molar-refractivity contribution in [3.05, 3.63) is 67.7 Å². The second-order valence-electron chi connectivity index (χ2n) is 11.8. The molecule has 16 nitrogen and oxygen atoms in total. The molecule has 272 valence electrons. The lowest BCUT2D eigenvalue weighted by atomic mass is 10.2. The summed E-state index contributed by atoms with van der Waals surface area (Å²) in [5, 5.41) is 9.90. The first-order valence-electron chi connectivity index (χ1n) is 15.3. The van der Waals surface area contributed by atoms with Crippen LogP contribution in [0.1, 0.15) is 84.3 Å². The fourth-order valence-corrected chi connectivity index (χ4v) is 10.1. The number of carboxylic acids is 1. The van der Waals surface area contributed by atoms with E-state index in [0.29, 0.717) is 41.8 Å². The Bertz CT molecular complexity index is 2070. The van der Waals surface area contributed by atoms with E-state index in [1.165, 1.54) is 27.4 Å². The maximum atomic E-state index is 13.1. The first kappa shape index (κ1) is 38.9. The molecule has 2 aromatic heterocycles. The Balaban J connectivity index is 0.000000244. The SMILES string of the molecule is Cc1c(C(=O)N(C)Cc2ccc(Cl)cc2Cl)[nH]c(C(N)=O)c1S(=O)(=O)N1CCCC1.Cc1c(C(=O)O)[nH]c(C(N)=O)c1S(=O)(=O)N1CCCC1. The molecule has 1 aromatic carbocycles. The van der Waals surface area contributed by atoms with Gasteiger partial charge in [-0.15, -0.1) is 0 Å². The molecular weight excluding hydrogens is 737 g/mol. The van der Waals surface area contributed by atoms with Crippen molar-refractivity contribution in [3.8, 4) is 0 Å². The fourth-order valence-electron chi connectivity index (χ4n) is 5.86.